The Balaban J connectivity index is 0.000000711. The van der Waals surface area contributed by atoms with E-state index in [1.54, 1.807) is 5.57 Å². The fourth-order valence-corrected chi connectivity index (χ4v) is 2.38. The lowest BCUT2D eigenvalue weighted by Crippen LogP contribution is -1.93. The van der Waals surface area contributed by atoms with E-state index in [4.69, 9.17) is 0 Å². The zero-order valence-corrected chi connectivity index (χ0v) is 10.6. The van der Waals surface area contributed by atoms with Crippen molar-refractivity contribution in [3.05, 3.63) is 41.0 Å². The number of benzene rings is 1. The van der Waals surface area contributed by atoms with Gasteiger partial charge in [0.25, 0.3) is 0 Å². The monoisotopic (exact) mass is 218 g/mol. The zero-order valence-electron chi connectivity index (χ0n) is 10.6. The third-order valence-corrected chi connectivity index (χ3v) is 3.26. The van der Waals surface area contributed by atoms with Crippen molar-refractivity contribution in [3.63, 3.8) is 0 Å². The molecule has 0 N–H and O–H groups in total. The van der Waals surface area contributed by atoms with E-state index in [0.717, 1.165) is 0 Å². The van der Waals surface area contributed by atoms with Crippen LogP contribution in [0.15, 0.2) is 29.8 Å². The van der Waals surface area contributed by atoms with Gasteiger partial charge >= 0.3 is 0 Å². The van der Waals surface area contributed by atoms with Gasteiger partial charge in [-0.05, 0) is 37.0 Å². The largest absolute Gasteiger partial charge is 0.0776 e. The van der Waals surface area contributed by atoms with Gasteiger partial charge in [-0.3, -0.25) is 0 Å². The molecule has 0 nitrogen and oxygen atoms in total. The van der Waals surface area contributed by atoms with Gasteiger partial charge in [-0.2, -0.15) is 0 Å². The summed E-state index contributed by atoms with van der Waals surface area (Å²) in [6.45, 7) is 10.8. The van der Waals surface area contributed by atoms with Crippen LogP contribution in [0.5, 0.6) is 0 Å². The van der Waals surface area contributed by atoms with Crippen LogP contribution in [0.2, 0.25) is 0 Å². The lowest BCUT2D eigenvalue weighted by molar-refractivity contribution is 0.775. The van der Waals surface area contributed by atoms with Crippen molar-refractivity contribution in [2.24, 2.45) is 0 Å². The Kier molecular flexibility index (Phi) is 6.10. The van der Waals surface area contributed by atoms with Crippen molar-refractivity contribution in [2.75, 3.05) is 0 Å². The molecule has 0 heteroatoms. The highest BCUT2D eigenvalue weighted by Crippen LogP contribution is 2.42. The highest BCUT2D eigenvalue weighted by Gasteiger charge is 2.23. The molecule has 0 fully saturated rings. The normalized spacial score (nSPS) is 17.2. The first-order valence-corrected chi connectivity index (χ1v) is 6.02. The first-order valence-electron chi connectivity index (χ1n) is 6.02. The molecule has 1 aromatic carbocycles. The Morgan fingerprint density at radius 3 is 2.19 bits per heavy atom. The van der Waals surface area contributed by atoms with Crippen molar-refractivity contribution in [1.29, 1.82) is 0 Å². The van der Waals surface area contributed by atoms with Crippen LogP contribution in [0, 0.1) is 0 Å². The second kappa shape index (κ2) is 6.52. The third-order valence-electron chi connectivity index (χ3n) is 3.26. The summed E-state index contributed by atoms with van der Waals surface area (Å²) in [5.74, 6) is 0.677. The molecule has 90 valence electrons. The van der Waals surface area contributed by atoms with Crippen molar-refractivity contribution in [1.82, 2.24) is 0 Å². The van der Waals surface area contributed by atoms with Crippen molar-refractivity contribution < 1.29 is 0 Å². The summed E-state index contributed by atoms with van der Waals surface area (Å²) in [6, 6.07) is 8.79. The molecule has 0 saturated carbocycles. The van der Waals surface area contributed by atoms with Crippen molar-refractivity contribution in [2.45, 2.75) is 54.4 Å². The summed E-state index contributed by atoms with van der Waals surface area (Å²) in [4.78, 5) is 0. The Labute approximate surface area is 101 Å². The molecule has 0 aliphatic heterocycles. The van der Waals surface area contributed by atoms with E-state index in [9.17, 15) is 0 Å². The number of allylic oxidation sites excluding steroid dienone is 2. The van der Waals surface area contributed by atoms with Gasteiger partial charge in [-0.15, -0.1) is 0 Å². The average Bonchev–Trinajstić information content (AvgIpc) is 2.55. The number of fused-ring (bicyclic) bond motifs is 1. The standard InChI is InChI=1S/C13H16.C2H6.CH4/c1-4-11-9(2)10(3)12-7-5-6-8-13(11)12;1-2;/h5-8,11H,4H2,1-3H3;1-2H3;1H4. The molecule has 16 heavy (non-hydrogen) atoms. The predicted octanol–water partition coefficient (Wildman–Crippen LogP) is 5.65. The minimum Gasteiger partial charge on any atom is -0.0776 e. The topological polar surface area (TPSA) is 0 Å². The van der Waals surface area contributed by atoms with E-state index >= 15 is 0 Å². The van der Waals surface area contributed by atoms with E-state index in [1.807, 2.05) is 13.8 Å². The summed E-state index contributed by atoms with van der Waals surface area (Å²) in [6.07, 6.45) is 1.22. The minimum absolute atomic E-state index is 0. The average molecular weight is 218 g/mol. The predicted molar refractivity (Wildman–Crippen MR) is 75.8 cm³/mol. The molecular weight excluding hydrogens is 192 g/mol. The van der Waals surface area contributed by atoms with Crippen LogP contribution in [0.4, 0.5) is 0 Å². The molecule has 1 aliphatic rings. The minimum atomic E-state index is 0. The number of rotatable bonds is 1. The van der Waals surface area contributed by atoms with E-state index in [0.29, 0.717) is 5.92 Å². The van der Waals surface area contributed by atoms with E-state index in [2.05, 4.69) is 45.0 Å². The summed E-state index contributed by atoms with van der Waals surface area (Å²) < 4.78 is 0. The molecular formula is C16H26. The summed E-state index contributed by atoms with van der Waals surface area (Å²) >= 11 is 0. The third kappa shape index (κ3) is 2.37. The Morgan fingerprint density at radius 1 is 1.06 bits per heavy atom. The number of hydrogen-bond acceptors (Lipinski definition) is 0. The SMILES string of the molecule is C.CC.CCC1C(C)=C(C)c2ccccc21. The highest BCUT2D eigenvalue weighted by atomic mass is 14.3. The fraction of sp³-hybridized carbons (Fsp3) is 0.500. The maximum Gasteiger partial charge on any atom is 0.00547 e. The summed E-state index contributed by atoms with van der Waals surface area (Å²) in [7, 11) is 0. The Bertz CT molecular complexity index is 358. The molecule has 0 heterocycles. The van der Waals surface area contributed by atoms with E-state index < -0.39 is 0 Å². The molecule has 0 aromatic heterocycles. The molecule has 0 radical (unpaired) electrons. The Morgan fingerprint density at radius 2 is 1.62 bits per heavy atom. The molecule has 1 aliphatic carbocycles. The van der Waals surface area contributed by atoms with Crippen LogP contribution in [0.25, 0.3) is 5.57 Å². The zero-order chi connectivity index (χ0) is 11.4. The lowest BCUT2D eigenvalue weighted by Gasteiger charge is -2.10. The maximum atomic E-state index is 2.27. The summed E-state index contributed by atoms with van der Waals surface area (Å²) in [5.41, 5.74) is 6.04. The van der Waals surface area contributed by atoms with Crippen LogP contribution >= 0.6 is 0 Å². The molecule has 0 bridgehead atoms. The molecule has 1 unspecified atom stereocenters. The smallest absolute Gasteiger partial charge is 0.00547 e. The van der Waals surface area contributed by atoms with Gasteiger partial charge in [0.2, 0.25) is 0 Å². The van der Waals surface area contributed by atoms with E-state index in [1.165, 1.54) is 23.1 Å². The molecule has 0 spiro atoms. The number of hydrogen-bond donors (Lipinski definition) is 0. The van der Waals surface area contributed by atoms with Gasteiger partial charge in [-0.1, -0.05) is 58.0 Å². The first kappa shape index (κ1) is 15.0. The molecule has 0 amide bonds. The first-order chi connectivity index (χ1) is 7.25. The second-order valence-corrected chi connectivity index (χ2v) is 3.86. The highest BCUT2D eigenvalue weighted by molar-refractivity contribution is 5.76. The van der Waals surface area contributed by atoms with Crippen LogP contribution < -0.4 is 0 Å². The maximum absolute atomic E-state index is 2.27. The van der Waals surface area contributed by atoms with E-state index in [-0.39, 0.29) is 7.43 Å². The quantitative estimate of drug-likeness (QED) is 0.571. The Hall–Kier alpha value is -1.04. The fourth-order valence-electron chi connectivity index (χ4n) is 2.38. The van der Waals surface area contributed by atoms with Crippen LogP contribution in [0.1, 0.15) is 65.5 Å². The molecule has 0 saturated heterocycles. The van der Waals surface area contributed by atoms with Gasteiger partial charge in [0.05, 0.1) is 0 Å². The second-order valence-electron chi connectivity index (χ2n) is 3.86. The summed E-state index contributed by atoms with van der Waals surface area (Å²) in [5, 5.41) is 0. The van der Waals surface area contributed by atoms with Crippen LogP contribution in [0.3, 0.4) is 0 Å². The van der Waals surface area contributed by atoms with Crippen molar-refractivity contribution in [3.8, 4) is 0 Å². The molecule has 1 atom stereocenters. The lowest BCUT2D eigenvalue weighted by atomic mass is 9.94. The van der Waals surface area contributed by atoms with Gasteiger partial charge in [0.15, 0.2) is 0 Å². The van der Waals surface area contributed by atoms with Crippen LogP contribution in [-0.4, -0.2) is 0 Å². The van der Waals surface area contributed by atoms with Crippen LogP contribution in [-0.2, 0) is 0 Å². The molecule has 1 aromatic rings. The molecule has 2 rings (SSSR count). The van der Waals surface area contributed by atoms with Gasteiger partial charge in [0, 0.05) is 5.92 Å². The van der Waals surface area contributed by atoms with Crippen molar-refractivity contribution >= 4 is 5.57 Å². The van der Waals surface area contributed by atoms with Gasteiger partial charge < -0.3 is 0 Å². The van der Waals surface area contributed by atoms with Gasteiger partial charge in [0.1, 0.15) is 0 Å². The van der Waals surface area contributed by atoms with Gasteiger partial charge in [-0.25, -0.2) is 0 Å².